The third-order valence-electron chi connectivity index (χ3n) is 3.06. The summed E-state index contributed by atoms with van der Waals surface area (Å²) < 4.78 is 18.4. The third-order valence-corrected chi connectivity index (χ3v) is 33.2. The first-order valence-corrected chi connectivity index (χ1v) is 19.4. The van der Waals surface area contributed by atoms with Crippen molar-refractivity contribution in [3.05, 3.63) is 0 Å². The van der Waals surface area contributed by atoms with Crippen LogP contribution in [0.1, 0.15) is 60.3 Å². The van der Waals surface area contributed by atoms with Crippen molar-refractivity contribution in [1.29, 1.82) is 0 Å². The zero-order valence-electron chi connectivity index (χ0n) is 13.7. The van der Waals surface area contributed by atoms with Crippen molar-refractivity contribution in [2.45, 2.75) is 78.0 Å². The van der Waals surface area contributed by atoms with Crippen LogP contribution in [0.25, 0.3) is 0 Å². The Morgan fingerprint density at radius 1 is 0.789 bits per heavy atom. The maximum atomic E-state index is 6.82. The summed E-state index contributed by atoms with van der Waals surface area (Å²) in [6.07, 6.45) is 5.09. The van der Waals surface area contributed by atoms with Crippen LogP contribution in [-0.4, -0.2) is 51.5 Å². The van der Waals surface area contributed by atoms with E-state index in [0.29, 0.717) is 0 Å². The van der Waals surface area contributed by atoms with Crippen molar-refractivity contribution in [2.75, 3.05) is 6.61 Å². The van der Waals surface area contributed by atoms with Crippen LogP contribution in [0.2, 0.25) is 17.7 Å². The van der Waals surface area contributed by atoms with Crippen molar-refractivity contribution < 1.29 is 9.96 Å². The van der Waals surface area contributed by atoms with E-state index in [1.165, 1.54) is 43.4 Å². The molecular formula is C14H35O3Sn2. The Labute approximate surface area is 133 Å². The number of rotatable bonds is 12. The zero-order valence-corrected chi connectivity index (χ0v) is 19.4. The van der Waals surface area contributed by atoms with Gasteiger partial charge < -0.3 is 5.48 Å². The maximum Gasteiger partial charge on any atom is -0.412 e. The van der Waals surface area contributed by atoms with Gasteiger partial charge in [0.2, 0.25) is 0 Å². The molecule has 0 amide bonds. The minimum absolute atomic E-state index is 0. The molecular weight excluding hydrogens is 454 g/mol. The molecule has 0 aromatic rings. The van der Waals surface area contributed by atoms with Gasteiger partial charge in [-0.25, -0.2) is 0 Å². The van der Waals surface area contributed by atoms with E-state index < -0.39 is 39.4 Å². The first-order valence-electron chi connectivity index (χ1n) is 7.85. The van der Waals surface area contributed by atoms with Crippen molar-refractivity contribution in [3.63, 3.8) is 0 Å². The molecule has 1 radical (unpaired) electrons. The first-order chi connectivity index (χ1) is 8.67. The monoisotopic (exact) mass is 491 g/mol. The normalized spacial score (nSPS) is 11.7. The molecule has 0 aliphatic rings. The summed E-state index contributed by atoms with van der Waals surface area (Å²) in [7, 11) is 0. The van der Waals surface area contributed by atoms with Gasteiger partial charge in [0.25, 0.3) is 0 Å². The number of hydrogen-bond acceptors (Lipinski definition) is 2. The van der Waals surface area contributed by atoms with Gasteiger partial charge in [-0.05, 0) is 0 Å². The minimum Gasteiger partial charge on any atom is -0.412 e. The number of hydrogen-bond donors (Lipinski definition) is 0. The Morgan fingerprint density at radius 3 is 1.58 bits per heavy atom. The molecule has 5 heteroatoms. The summed E-state index contributed by atoms with van der Waals surface area (Å²) in [4.78, 5) is 0. The molecule has 0 spiro atoms. The van der Waals surface area contributed by atoms with Crippen molar-refractivity contribution in [2.24, 2.45) is 0 Å². The van der Waals surface area contributed by atoms with Crippen molar-refractivity contribution in [3.8, 4) is 0 Å². The van der Waals surface area contributed by atoms with Crippen LogP contribution < -0.4 is 0 Å². The second-order valence-corrected chi connectivity index (χ2v) is 24.3. The molecule has 0 saturated heterocycles. The van der Waals surface area contributed by atoms with E-state index in [-0.39, 0.29) is 5.48 Å². The van der Waals surface area contributed by atoms with Crippen LogP contribution in [0.5, 0.6) is 0 Å². The van der Waals surface area contributed by atoms with Gasteiger partial charge in [-0.2, -0.15) is 0 Å². The SMILES string of the molecule is CC[CH2][Sn]([CH2]CC)[O][Sn]([CH2]CC)([CH2]CC)[O]CC.O. The summed E-state index contributed by atoms with van der Waals surface area (Å²) in [6.45, 7) is 12.2. The fourth-order valence-corrected chi connectivity index (χ4v) is 35.6. The molecule has 3 nitrogen and oxygen atoms in total. The Hall–Kier alpha value is 1.48. The molecule has 0 aliphatic carbocycles. The van der Waals surface area contributed by atoms with Crippen molar-refractivity contribution >= 4 is 39.4 Å². The van der Waals surface area contributed by atoms with Gasteiger partial charge in [-0.3, -0.25) is 0 Å². The molecule has 117 valence electrons. The molecule has 0 heterocycles. The predicted molar refractivity (Wildman–Crippen MR) is 88.2 cm³/mol. The summed E-state index contributed by atoms with van der Waals surface area (Å²) in [5, 5.41) is 0. The fraction of sp³-hybridized carbons (Fsp3) is 1.00. The zero-order chi connectivity index (χ0) is 13.9. The van der Waals surface area contributed by atoms with Gasteiger partial charge in [-0.1, -0.05) is 0 Å². The Bertz CT molecular complexity index is 169. The summed E-state index contributed by atoms with van der Waals surface area (Å²) in [5.41, 5.74) is 0. The van der Waals surface area contributed by atoms with Gasteiger partial charge in [0.15, 0.2) is 0 Å². The molecule has 0 rings (SSSR count). The van der Waals surface area contributed by atoms with E-state index >= 15 is 0 Å². The van der Waals surface area contributed by atoms with E-state index in [1.807, 2.05) is 0 Å². The predicted octanol–water partition coefficient (Wildman–Crippen LogP) is 4.29. The molecule has 0 aromatic carbocycles. The summed E-state index contributed by atoms with van der Waals surface area (Å²) >= 11 is -4.25. The molecule has 2 N–H and O–H groups in total. The Balaban J connectivity index is 0. The maximum absolute atomic E-state index is 6.82. The Morgan fingerprint density at radius 2 is 1.26 bits per heavy atom. The molecule has 0 aliphatic heterocycles. The molecule has 19 heavy (non-hydrogen) atoms. The standard InChI is InChI=1S/4C3H7.C2H5O.H2O.O.2Sn/c4*1-3-2;1-2-3;;;;/h4*1,3H2,2H3;2H2,1H3;1H2;;;/q;;;;-1;;;;+1. The van der Waals surface area contributed by atoms with Crippen LogP contribution in [0.4, 0.5) is 0 Å². The minimum atomic E-state index is -2.67. The van der Waals surface area contributed by atoms with Gasteiger partial charge in [0.1, 0.15) is 0 Å². The van der Waals surface area contributed by atoms with E-state index in [1.54, 1.807) is 0 Å². The topological polar surface area (TPSA) is 50.0 Å². The second-order valence-electron chi connectivity index (χ2n) is 4.98. The van der Waals surface area contributed by atoms with E-state index in [0.717, 1.165) is 6.61 Å². The van der Waals surface area contributed by atoms with Gasteiger partial charge >= 0.3 is 129 Å². The molecule has 0 atom stereocenters. The van der Waals surface area contributed by atoms with Crippen LogP contribution in [0.15, 0.2) is 0 Å². The molecule has 0 fully saturated rings. The third kappa shape index (κ3) is 9.93. The van der Waals surface area contributed by atoms with Crippen LogP contribution >= 0.6 is 0 Å². The van der Waals surface area contributed by atoms with Gasteiger partial charge in [0.05, 0.1) is 0 Å². The summed E-state index contributed by atoms with van der Waals surface area (Å²) in [6, 6.07) is 0. The molecule has 0 aromatic heterocycles. The van der Waals surface area contributed by atoms with Gasteiger partial charge in [-0.15, -0.1) is 0 Å². The largest absolute Gasteiger partial charge is 0.412 e. The van der Waals surface area contributed by atoms with E-state index in [4.69, 9.17) is 4.49 Å². The second kappa shape index (κ2) is 14.4. The fourth-order valence-electron chi connectivity index (χ4n) is 2.47. The first kappa shape index (κ1) is 22.8. The molecule has 0 unspecified atom stereocenters. The molecule has 0 bridgehead atoms. The van der Waals surface area contributed by atoms with Crippen LogP contribution in [0.3, 0.4) is 0 Å². The average molecular weight is 489 g/mol. The average Bonchev–Trinajstić information content (AvgIpc) is 2.30. The smallest absolute Gasteiger partial charge is 0.412 e. The Kier molecular flexibility index (Phi) is 17.3. The quantitative estimate of drug-likeness (QED) is 0.385. The van der Waals surface area contributed by atoms with E-state index in [9.17, 15) is 0 Å². The summed E-state index contributed by atoms with van der Waals surface area (Å²) in [5.74, 6) is 0. The van der Waals surface area contributed by atoms with E-state index in [2.05, 4.69) is 34.6 Å². The van der Waals surface area contributed by atoms with Crippen molar-refractivity contribution in [1.82, 2.24) is 0 Å². The van der Waals surface area contributed by atoms with Crippen LogP contribution in [-0.2, 0) is 4.49 Å². The van der Waals surface area contributed by atoms with Gasteiger partial charge in [0, 0.05) is 0 Å². The van der Waals surface area contributed by atoms with Crippen LogP contribution in [0, 0.1) is 0 Å². The molecule has 0 saturated carbocycles.